The molecule has 1 aromatic heterocycles. The highest BCUT2D eigenvalue weighted by atomic mass is 16.6. The second-order valence-corrected chi connectivity index (χ2v) is 5.91. The molecular weight excluding hydrogens is 258 g/mol. The van der Waals surface area contributed by atoms with Gasteiger partial charge in [0.25, 0.3) is 0 Å². The molecule has 0 bridgehead atoms. The molecule has 1 amide bonds. The zero-order chi connectivity index (χ0) is 15.3. The summed E-state index contributed by atoms with van der Waals surface area (Å²) in [6, 6.07) is 3.69. The molecular formula is C15H23NO4. The molecule has 0 radical (unpaired) electrons. The lowest BCUT2D eigenvalue weighted by atomic mass is 10.0. The lowest BCUT2D eigenvalue weighted by Crippen LogP contribution is -2.36. The SMILES string of the molecule is Cc1ccc([C@H](CC=O)CN(C)C(=O)OC(C)(C)C)o1. The van der Waals surface area contributed by atoms with Crippen molar-refractivity contribution in [3.63, 3.8) is 0 Å². The molecule has 1 heterocycles. The van der Waals surface area contributed by atoms with Crippen LogP contribution < -0.4 is 0 Å². The van der Waals surface area contributed by atoms with Crippen LogP contribution in [0.4, 0.5) is 4.79 Å². The number of ether oxygens (including phenoxy) is 1. The fourth-order valence-corrected chi connectivity index (χ4v) is 1.81. The summed E-state index contributed by atoms with van der Waals surface area (Å²) in [6.45, 7) is 7.67. The van der Waals surface area contributed by atoms with Crippen LogP contribution in [0.1, 0.15) is 44.6 Å². The maximum atomic E-state index is 11.9. The van der Waals surface area contributed by atoms with Crippen LogP contribution >= 0.6 is 0 Å². The number of hydrogen-bond acceptors (Lipinski definition) is 4. The van der Waals surface area contributed by atoms with Gasteiger partial charge in [-0.25, -0.2) is 4.79 Å². The van der Waals surface area contributed by atoms with E-state index in [2.05, 4.69) is 0 Å². The molecule has 0 unspecified atom stereocenters. The van der Waals surface area contributed by atoms with Crippen molar-refractivity contribution in [3.8, 4) is 0 Å². The number of likely N-dealkylation sites (N-methyl/N-ethyl adjacent to an activating group) is 1. The number of hydrogen-bond donors (Lipinski definition) is 0. The summed E-state index contributed by atoms with van der Waals surface area (Å²) in [5, 5.41) is 0. The van der Waals surface area contributed by atoms with Crippen molar-refractivity contribution in [1.82, 2.24) is 4.90 Å². The van der Waals surface area contributed by atoms with Gasteiger partial charge in [0.1, 0.15) is 23.4 Å². The quantitative estimate of drug-likeness (QED) is 0.778. The van der Waals surface area contributed by atoms with Crippen molar-refractivity contribution in [1.29, 1.82) is 0 Å². The number of aryl methyl sites for hydroxylation is 1. The van der Waals surface area contributed by atoms with Crippen molar-refractivity contribution < 1.29 is 18.7 Å². The Morgan fingerprint density at radius 2 is 2.10 bits per heavy atom. The first kappa shape index (κ1) is 16.3. The van der Waals surface area contributed by atoms with E-state index in [9.17, 15) is 9.59 Å². The molecule has 5 nitrogen and oxygen atoms in total. The average molecular weight is 281 g/mol. The van der Waals surface area contributed by atoms with E-state index < -0.39 is 11.7 Å². The summed E-state index contributed by atoms with van der Waals surface area (Å²) in [4.78, 5) is 24.2. The number of aldehydes is 1. The molecule has 0 N–H and O–H groups in total. The standard InChI is InChI=1S/C15H23NO4/c1-11-6-7-13(19-11)12(8-9-17)10-16(5)14(18)20-15(2,3)4/h6-7,9,12H,8,10H2,1-5H3/t12-/m1/s1. The molecule has 1 aromatic rings. The molecule has 0 saturated heterocycles. The number of nitrogens with zero attached hydrogens (tertiary/aromatic N) is 1. The maximum absolute atomic E-state index is 11.9. The van der Waals surface area contributed by atoms with Crippen LogP contribution in [-0.4, -0.2) is 36.5 Å². The average Bonchev–Trinajstić information content (AvgIpc) is 2.73. The number of amides is 1. The second-order valence-electron chi connectivity index (χ2n) is 5.91. The zero-order valence-electron chi connectivity index (χ0n) is 12.8. The van der Waals surface area contributed by atoms with Crippen LogP contribution in [0.25, 0.3) is 0 Å². The van der Waals surface area contributed by atoms with Gasteiger partial charge in [-0.05, 0) is 39.8 Å². The maximum Gasteiger partial charge on any atom is 0.410 e. The van der Waals surface area contributed by atoms with E-state index in [4.69, 9.17) is 9.15 Å². The van der Waals surface area contributed by atoms with Crippen LogP contribution in [0.5, 0.6) is 0 Å². The minimum atomic E-state index is -0.535. The molecule has 112 valence electrons. The van der Waals surface area contributed by atoms with Gasteiger partial charge in [0, 0.05) is 25.9 Å². The first-order valence-corrected chi connectivity index (χ1v) is 6.67. The third kappa shape index (κ3) is 5.07. The Balaban J connectivity index is 2.70. The number of rotatable bonds is 5. The van der Waals surface area contributed by atoms with Gasteiger partial charge in [-0.15, -0.1) is 0 Å². The van der Waals surface area contributed by atoms with E-state index >= 15 is 0 Å². The van der Waals surface area contributed by atoms with Crippen molar-refractivity contribution in [2.24, 2.45) is 0 Å². The molecule has 0 aliphatic rings. The van der Waals surface area contributed by atoms with Gasteiger partial charge in [0.05, 0.1) is 0 Å². The van der Waals surface area contributed by atoms with Gasteiger partial charge >= 0.3 is 6.09 Å². The van der Waals surface area contributed by atoms with E-state index in [0.29, 0.717) is 18.7 Å². The first-order valence-electron chi connectivity index (χ1n) is 6.67. The third-order valence-corrected chi connectivity index (χ3v) is 2.74. The number of furan rings is 1. The highest BCUT2D eigenvalue weighted by molar-refractivity contribution is 5.68. The van der Waals surface area contributed by atoms with Crippen molar-refractivity contribution in [2.75, 3.05) is 13.6 Å². The van der Waals surface area contributed by atoms with Crippen LogP contribution in [0.3, 0.4) is 0 Å². The fraction of sp³-hybridized carbons (Fsp3) is 0.600. The van der Waals surface area contributed by atoms with E-state index in [1.807, 2.05) is 39.8 Å². The summed E-state index contributed by atoms with van der Waals surface area (Å²) >= 11 is 0. The summed E-state index contributed by atoms with van der Waals surface area (Å²) in [5.74, 6) is 1.35. The summed E-state index contributed by atoms with van der Waals surface area (Å²) in [7, 11) is 1.65. The van der Waals surface area contributed by atoms with Gasteiger partial charge in [-0.2, -0.15) is 0 Å². The van der Waals surface area contributed by atoms with Crippen LogP contribution in [-0.2, 0) is 9.53 Å². The molecule has 0 saturated carbocycles. The third-order valence-electron chi connectivity index (χ3n) is 2.74. The van der Waals surface area contributed by atoms with Gasteiger partial charge < -0.3 is 18.8 Å². The lowest BCUT2D eigenvalue weighted by molar-refractivity contribution is -0.108. The lowest BCUT2D eigenvalue weighted by Gasteiger charge is -2.26. The van der Waals surface area contributed by atoms with Crippen molar-refractivity contribution >= 4 is 12.4 Å². The highest BCUT2D eigenvalue weighted by Crippen LogP contribution is 2.22. The van der Waals surface area contributed by atoms with E-state index in [0.717, 1.165) is 12.0 Å². The normalized spacial score (nSPS) is 12.8. The van der Waals surface area contributed by atoms with Gasteiger partial charge in [0.15, 0.2) is 0 Å². The van der Waals surface area contributed by atoms with Gasteiger partial charge in [0.2, 0.25) is 0 Å². The van der Waals surface area contributed by atoms with E-state index in [1.54, 1.807) is 7.05 Å². The molecule has 0 fully saturated rings. The Hall–Kier alpha value is -1.78. The van der Waals surface area contributed by atoms with Gasteiger partial charge in [-0.1, -0.05) is 0 Å². The first-order chi connectivity index (χ1) is 9.23. The molecule has 0 aromatic carbocycles. The Kier molecular flexibility index (Phi) is 5.36. The summed E-state index contributed by atoms with van der Waals surface area (Å²) < 4.78 is 10.8. The van der Waals surface area contributed by atoms with Crippen molar-refractivity contribution in [3.05, 3.63) is 23.7 Å². The zero-order valence-corrected chi connectivity index (χ0v) is 12.8. The second kappa shape index (κ2) is 6.59. The number of carbonyl (C=O) groups is 2. The van der Waals surface area contributed by atoms with E-state index in [-0.39, 0.29) is 5.92 Å². The Morgan fingerprint density at radius 1 is 1.45 bits per heavy atom. The summed E-state index contributed by atoms with van der Waals surface area (Å²) in [6.07, 6.45) is 0.739. The molecule has 20 heavy (non-hydrogen) atoms. The van der Waals surface area contributed by atoms with Crippen LogP contribution in [0.2, 0.25) is 0 Å². The van der Waals surface area contributed by atoms with Crippen LogP contribution in [0, 0.1) is 6.92 Å². The smallest absolute Gasteiger partial charge is 0.410 e. The van der Waals surface area contributed by atoms with Crippen LogP contribution in [0.15, 0.2) is 16.5 Å². The fourth-order valence-electron chi connectivity index (χ4n) is 1.81. The Morgan fingerprint density at radius 3 is 2.55 bits per heavy atom. The van der Waals surface area contributed by atoms with Crippen molar-refractivity contribution in [2.45, 2.75) is 45.6 Å². The number of carbonyl (C=O) groups excluding carboxylic acids is 2. The molecule has 0 aliphatic heterocycles. The highest BCUT2D eigenvalue weighted by Gasteiger charge is 2.24. The molecule has 5 heteroatoms. The largest absolute Gasteiger partial charge is 0.466 e. The minimum Gasteiger partial charge on any atom is -0.466 e. The monoisotopic (exact) mass is 281 g/mol. The summed E-state index contributed by atoms with van der Waals surface area (Å²) in [5.41, 5.74) is -0.535. The Bertz CT molecular complexity index is 459. The minimum absolute atomic E-state index is 0.154. The molecule has 0 spiro atoms. The molecule has 1 rings (SSSR count). The van der Waals surface area contributed by atoms with E-state index in [1.165, 1.54) is 4.90 Å². The Labute approximate surface area is 119 Å². The predicted octanol–water partition coefficient (Wildman–Crippen LogP) is 3.13. The van der Waals surface area contributed by atoms with Gasteiger partial charge in [-0.3, -0.25) is 0 Å². The molecule has 1 atom stereocenters. The predicted molar refractivity (Wildman–Crippen MR) is 75.7 cm³/mol. The molecule has 0 aliphatic carbocycles. The topological polar surface area (TPSA) is 59.8 Å².